The minimum absolute atomic E-state index is 0.107. The van der Waals surface area contributed by atoms with Crippen molar-refractivity contribution in [3.8, 4) is 45.9 Å². The summed E-state index contributed by atoms with van der Waals surface area (Å²) >= 11 is 0. The first-order valence-corrected chi connectivity index (χ1v) is 17.5. The van der Waals surface area contributed by atoms with Crippen LogP contribution in [-0.4, -0.2) is 30.8 Å². The predicted octanol–water partition coefficient (Wildman–Crippen LogP) is 10.3. The molecule has 4 heterocycles. The van der Waals surface area contributed by atoms with Crippen LogP contribution in [0.4, 0.5) is 0 Å². The van der Waals surface area contributed by atoms with E-state index < -0.39 is 289 Å². The number of ether oxygens (including phenoxy) is 1. The van der Waals surface area contributed by atoms with Crippen molar-refractivity contribution in [3.05, 3.63) is 193 Å². The lowest BCUT2D eigenvalue weighted by Crippen LogP contribution is -2.55. The molecule has 7 heteroatoms. The van der Waals surface area contributed by atoms with Crippen LogP contribution in [0.3, 0.4) is 0 Å². The van der Waals surface area contributed by atoms with Gasteiger partial charge in [-0.1, -0.05) is 150 Å². The SMILES string of the molecule is [2H]c1c([2H])c([2H])c2c(c1[2H])Oc1c([2H])c([2H])c([2H])c([2H])c1B2c1c([2H])c([2H])c([2H])c([2H])c1-c1c([2H])c([2H])c([2H])c(-c2nc(-n3c4c([2H])c([2H])c([2H])c([2H])c4c4c([2H])c([2H])c([2H])c([2H])c43)nc(-n3c4c([2H])c([2H])c([2H])c([2H])c4c4c(C)c([2H])c([2H])c([2H])c43)n2)c1[2H]. The van der Waals surface area contributed by atoms with Gasteiger partial charge in [0.05, 0.1) is 64.6 Å². The second-order valence-corrected chi connectivity index (χ2v) is 12.9. The molecule has 0 atom stereocenters. The number of rotatable bonds is 5. The van der Waals surface area contributed by atoms with Gasteiger partial charge in [-0.3, -0.25) is 9.13 Å². The summed E-state index contributed by atoms with van der Waals surface area (Å²) in [5.74, 6) is -4.40. The second-order valence-electron chi connectivity index (χ2n) is 12.9. The molecule has 1 aliphatic rings. The molecule has 0 amide bonds. The van der Waals surface area contributed by atoms with Gasteiger partial charge in [0.25, 0.3) is 6.71 Å². The maximum absolute atomic E-state index is 10.2. The van der Waals surface area contributed by atoms with Crippen LogP contribution >= 0.6 is 0 Å². The highest BCUT2D eigenvalue weighted by Gasteiger charge is 2.33. The largest absolute Gasteiger partial charge is 0.458 e. The van der Waals surface area contributed by atoms with Crippen LogP contribution in [0.15, 0.2) is 187 Å². The molecule has 3 aromatic heterocycles. The maximum Gasteiger partial charge on any atom is 0.251 e. The van der Waals surface area contributed by atoms with E-state index in [9.17, 15) is 17.8 Å². The predicted molar refractivity (Wildman–Crippen MR) is 242 cm³/mol. The molecule has 0 saturated heterocycles. The van der Waals surface area contributed by atoms with Crippen molar-refractivity contribution >= 4 is 66.7 Å². The normalized spacial score (nSPS) is 19.6. The third-order valence-corrected chi connectivity index (χ3v) is 9.70. The molecule has 11 aromatic rings. The topological polar surface area (TPSA) is 57.8 Å². The van der Waals surface area contributed by atoms with Crippen molar-refractivity contribution in [1.82, 2.24) is 24.1 Å². The molecule has 0 N–H and O–H groups in total. The first-order chi connectivity index (χ1) is 42.1. The monoisotopic (exact) mass is 786 g/mol. The average Bonchev–Trinajstić information content (AvgIpc) is 1.28. The lowest BCUT2D eigenvalue weighted by molar-refractivity contribution is 0.487. The number of para-hydroxylation sites is 5. The van der Waals surface area contributed by atoms with E-state index in [-0.39, 0.29) is 16.3 Å². The molecule has 0 unspecified atom stereocenters. The van der Waals surface area contributed by atoms with Gasteiger partial charge in [-0.15, -0.1) is 0 Å². The Morgan fingerprint density at radius 1 is 0.458 bits per heavy atom. The molecule has 6 nitrogen and oxygen atoms in total. The Morgan fingerprint density at radius 3 is 1.63 bits per heavy atom. The summed E-state index contributed by atoms with van der Waals surface area (Å²) in [6.45, 7) is -0.834. The molecule has 0 saturated carbocycles. The van der Waals surface area contributed by atoms with Gasteiger partial charge in [0.1, 0.15) is 11.5 Å². The fourth-order valence-corrected chi connectivity index (χ4v) is 7.25. The van der Waals surface area contributed by atoms with E-state index in [4.69, 9.17) is 29.4 Å². The average molecular weight is 787 g/mol. The molecule has 276 valence electrons. The van der Waals surface area contributed by atoms with Crippen LogP contribution in [-0.2, 0) is 0 Å². The number of hydrogen-bond acceptors (Lipinski definition) is 4. The second kappa shape index (κ2) is 13.1. The number of hydrogen-bond donors (Lipinski definition) is 0. The van der Waals surface area contributed by atoms with E-state index in [1.165, 1.54) is 6.92 Å². The summed E-state index contributed by atoms with van der Waals surface area (Å²) in [6, 6.07) is -28.9. The molecule has 1 aliphatic heterocycles. The standard InChI is InChI=1S/C52H34BN5O/c1-33-16-14-29-46-49(33)39-22-5-11-28-45(39)58(46)52-55-50(54-51(56-52)57-43-26-9-3-20-37(43)38-21-4-10-27-44(38)57)35-18-15-17-34(32-35)36-19-2-6-23-40(36)53-41-24-7-12-30-47(41)59-48-31-13-8-25-42(48)53/h2-32H,1H3/i2D,3D,4D,5D,6D,7D,8D,9D,10D,11D,12D,13D,14D,15D,16D,17D,18D,19D,20D,21D,22D,23D,24D,25D,26D,27D,28D,29D,30D,31D,32D. The van der Waals surface area contributed by atoms with Gasteiger partial charge in [-0.2, -0.15) is 15.0 Å². The van der Waals surface area contributed by atoms with Crippen molar-refractivity contribution in [2.75, 3.05) is 0 Å². The zero-order chi connectivity index (χ0) is 66.0. The van der Waals surface area contributed by atoms with E-state index in [2.05, 4.69) is 15.0 Å². The number of benzene rings is 8. The van der Waals surface area contributed by atoms with Crippen LogP contribution in [0.25, 0.3) is 78.0 Å². The Kier molecular flexibility index (Phi) is 3.31. The van der Waals surface area contributed by atoms with Crippen LogP contribution in [0.2, 0.25) is 0 Å². The van der Waals surface area contributed by atoms with Gasteiger partial charge >= 0.3 is 0 Å². The van der Waals surface area contributed by atoms with Crippen molar-refractivity contribution < 1.29 is 47.2 Å². The molecule has 12 rings (SSSR count). The Labute approximate surface area is 384 Å². The molecule has 59 heavy (non-hydrogen) atoms. The minimum atomic E-state index is -2.16. The number of aromatic nitrogens is 5. The summed E-state index contributed by atoms with van der Waals surface area (Å²) < 4.78 is 289. The van der Waals surface area contributed by atoms with Gasteiger partial charge in [-0.05, 0) is 76.8 Å². The van der Waals surface area contributed by atoms with Gasteiger partial charge in [0.15, 0.2) is 5.82 Å². The fourth-order valence-electron chi connectivity index (χ4n) is 7.25. The Balaban J connectivity index is 1.31. The lowest BCUT2D eigenvalue weighted by atomic mass is 9.35. The quantitative estimate of drug-likeness (QED) is 0.163. The number of nitrogens with zero attached hydrogens (tertiary/aromatic N) is 5. The Hall–Kier alpha value is -7.77. The summed E-state index contributed by atoms with van der Waals surface area (Å²) in [6.07, 6.45) is 0. The first-order valence-electron chi connectivity index (χ1n) is 33.0. The number of aryl methyl sites for hydroxylation is 1. The summed E-state index contributed by atoms with van der Waals surface area (Å²) in [5.41, 5.74) is -7.47. The van der Waals surface area contributed by atoms with Crippen molar-refractivity contribution in [2.24, 2.45) is 0 Å². The zero-order valence-corrected chi connectivity index (χ0v) is 29.7. The first kappa shape index (κ1) is 14.9. The molecule has 0 radical (unpaired) electrons. The number of fused-ring (bicyclic) bond motifs is 8. The van der Waals surface area contributed by atoms with Crippen LogP contribution < -0.4 is 21.1 Å². The molecule has 8 aromatic carbocycles. The van der Waals surface area contributed by atoms with Crippen LogP contribution in [0.1, 0.15) is 48.1 Å². The van der Waals surface area contributed by atoms with E-state index in [0.29, 0.717) is 0 Å². The van der Waals surface area contributed by atoms with Crippen molar-refractivity contribution in [1.29, 1.82) is 0 Å². The van der Waals surface area contributed by atoms with Crippen molar-refractivity contribution in [3.63, 3.8) is 0 Å². The molecule has 0 fully saturated rings. The van der Waals surface area contributed by atoms with Gasteiger partial charge < -0.3 is 4.74 Å². The lowest BCUT2D eigenvalue weighted by Gasteiger charge is -2.28. The van der Waals surface area contributed by atoms with E-state index in [0.717, 1.165) is 9.13 Å². The third kappa shape index (κ3) is 5.18. The third-order valence-electron chi connectivity index (χ3n) is 9.70. The highest BCUT2D eigenvalue weighted by molar-refractivity contribution is 6.97. The summed E-state index contributed by atoms with van der Waals surface area (Å²) in [4.78, 5) is 13.9. The summed E-state index contributed by atoms with van der Waals surface area (Å²) in [5, 5.41) is -1.65. The smallest absolute Gasteiger partial charge is 0.251 e. The maximum atomic E-state index is 10.2. The Morgan fingerprint density at radius 2 is 0.949 bits per heavy atom. The molecule has 0 aliphatic carbocycles. The minimum Gasteiger partial charge on any atom is -0.458 e. The van der Waals surface area contributed by atoms with Gasteiger partial charge in [0.2, 0.25) is 11.9 Å². The van der Waals surface area contributed by atoms with Crippen LogP contribution in [0, 0.1) is 6.92 Å². The van der Waals surface area contributed by atoms with Gasteiger partial charge in [-0.25, -0.2) is 0 Å². The van der Waals surface area contributed by atoms with Crippen molar-refractivity contribution in [2.45, 2.75) is 6.92 Å². The van der Waals surface area contributed by atoms with E-state index >= 15 is 0 Å². The van der Waals surface area contributed by atoms with E-state index in [1.54, 1.807) is 0 Å². The van der Waals surface area contributed by atoms with Gasteiger partial charge in [0, 0.05) is 27.1 Å². The zero-order valence-electron chi connectivity index (χ0n) is 60.7. The van der Waals surface area contributed by atoms with Crippen LogP contribution in [0.5, 0.6) is 11.5 Å². The van der Waals surface area contributed by atoms with E-state index in [1.807, 2.05) is 0 Å². The highest BCUT2D eigenvalue weighted by atomic mass is 16.5. The Bertz CT molecular complexity index is 4880. The fraction of sp³-hybridized carbons (Fsp3) is 0.0192. The molecular weight excluding hydrogens is 721 g/mol. The molecular formula is C52H34BN5O. The highest BCUT2D eigenvalue weighted by Crippen LogP contribution is 2.36. The summed E-state index contributed by atoms with van der Waals surface area (Å²) in [7, 11) is 0. The molecule has 0 bridgehead atoms. The molecule has 0 spiro atoms.